The lowest BCUT2D eigenvalue weighted by molar-refractivity contribution is 0.0673. The Morgan fingerprint density at radius 1 is 1.14 bits per heavy atom. The molecule has 9 heteroatoms. The van der Waals surface area contributed by atoms with Crippen molar-refractivity contribution in [3.05, 3.63) is 58.1 Å². The van der Waals surface area contributed by atoms with Crippen LogP contribution in [0, 0.1) is 28.6 Å². The minimum Gasteiger partial charge on any atom is -0.493 e. The van der Waals surface area contributed by atoms with E-state index in [0.29, 0.717) is 47.2 Å². The highest BCUT2D eigenvalue weighted by Crippen LogP contribution is 2.61. The summed E-state index contributed by atoms with van der Waals surface area (Å²) in [6.07, 6.45) is 4.40. The van der Waals surface area contributed by atoms with Gasteiger partial charge in [0.2, 0.25) is 10.0 Å². The van der Waals surface area contributed by atoms with Crippen LogP contribution in [-0.2, 0) is 15.4 Å². The number of nitriles is 1. The van der Waals surface area contributed by atoms with Crippen LogP contribution in [0.15, 0.2) is 36.4 Å². The van der Waals surface area contributed by atoms with Crippen molar-refractivity contribution in [3.63, 3.8) is 0 Å². The minimum absolute atomic E-state index is 0.157. The van der Waals surface area contributed by atoms with E-state index in [1.165, 1.54) is 6.26 Å². The predicted octanol–water partition coefficient (Wildman–Crippen LogP) is 5.50. The average molecular weight is 552 g/mol. The fourth-order valence-electron chi connectivity index (χ4n) is 5.65. The fraction of sp³-hybridized carbons (Fsp3) is 0.519. The Hall–Kier alpha value is -1.98. The second kappa shape index (κ2) is 10.4. The van der Waals surface area contributed by atoms with Gasteiger partial charge in [-0.05, 0) is 66.5 Å². The molecule has 0 radical (unpaired) electrons. The highest BCUT2D eigenvalue weighted by Gasteiger charge is 2.56. The van der Waals surface area contributed by atoms with E-state index in [0.717, 1.165) is 36.1 Å². The summed E-state index contributed by atoms with van der Waals surface area (Å²) in [5.74, 6) is 2.46. The largest absolute Gasteiger partial charge is 0.493 e. The van der Waals surface area contributed by atoms with Gasteiger partial charge in [0.25, 0.3) is 0 Å². The molecule has 3 aliphatic rings. The number of alkyl halides is 1. The molecule has 2 aromatic carbocycles. The van der Waals surface area contributed by atoms with Crippen LogP contribution in [0.25, 0.3) is 0 Å². The van der Waals surface area contributed by atoms with Gasteiger partial charge in [-0.3, -0.25) is 0 Å². The van der Waals surface area contributed by atoms with Crippen molar-refractivity contribution in [2.75, 3.05) is 31.9 Å². The molecule has 3 aliphatic carbocycles. The summed E-state index contributed by atoms with van der Waals surface area (Å²) in [4.78, 5) is 0. The second-order valence-electron chi connectivity index (χ2n) is 10.7. The average Bonchev–Trinajstić information content (AvgIpc) is 3.35. The van der Waals surface area contributed by atoms with Crippen molar-refractivity contribution in [3.8, 4) is 17.6 Å². The standard InChI is InChI=1S/C27H32Cl2N2O4S/c1-26(2,22-10-18(15-30)25(24(29)11-22)34-9-8-28)21-4-6-23(7-5-21)35-17-27-12-19(13-27)20(14-27)16-31-36(3,32)33/h4-7,10-11,19-20,31H,8-9,12-14,16-17H2,1-3H3/t19?,20-,27?/m1/s1. The maximum Gasteiger partial charge on any atom is 0.208 e. The first-order valence-corrected chi connectivity index (χ1v) is 14.9. The van der Waals surface area contributed by atoms with E-state index in [9.17, 15) is 13.7 Å². The van der Waals surface area contributed by atoms with Crippen LogP contribution in [0.3, 0.4) is 0 Å². The molecule has 194 valence electrons. The van der Waals surface area contributed by atoms with E-state index in [1.807, 2.05) is 36.4 Å². The van der Waals surface area contributed by atoms with Gasteiger partial charge in [0, 0.05) is 17.4 Å². The van der Waals surface area contributed by atoms with Crippen LogP contribution in [0.5, 0.6) is 11.5 Å². The topological polar surface area (TPSA) is 88.4 Å². The van der Waals surface area contributed by atoms with E-state index in [4.69, 9.17) is 32.7 Å². The Morgan fingerprint density at radius 2 is 1.83 bits per heavy atom. The number of nitrogens with zero attached hydrogens (tertiary/aromatic N) is 1. The smallest absolute Gasteiger partial charge is 0.208 e. The van der Waals surface area contributed by atoms with Gasteiger partial charge < -0.3 is 9.47 Å². The molecular formula is C27H32Cl2N2O4S. The van der Waals surface area contributed by atoms with Crippen molar-refractivity contribution in [2.24, 2.45) is 17.3 Å². The highest BCUT2D eigenvalue weighted by atomic mass is 35.5. The fourth-order valence-corrected chi connectivity index (χ4v) is 6.51. The van der Waals surface area contributed by atoms with E-state index in [2.05, 4.69) is 24.6 Å². The summed E-state index contributed by atoms with van der Waals surface area (Å²) in [6.45, 7) is 5.62. The van der Waals surface area contributed by atoms with Crippen molar-refractivity contribution in [1.29, 1.82) is 5.26 Å². The van der Waals surface area contributed by atoms with Gasteiger partial charge in [0.15, 0.2) is 5.75 Å². The monoisotopic (exact) mass is 550 g/mol. The quantitative estimate of drug-likeness (QED) is 0.373. The lowest BCUT2D eigenvalue weighted by Gasteiger charge is -2.38. The number of fused-ring (bicyclic) bond motifs is 1. The first-order valence-electron chi connectivity index (χ1n) is 12.1. The second-order valence-corrected chi connectivity index (χ2v) is 13.3. The summed E-state index contributed by atoms with van der Waals surface area (Å²) in [5.41, 5.74) is 2.12. The molecule has 3 saturated carbocycles. The maximum absolute atomic E-state index is 11.4. The summed E-state index contributed by atoms with van der Waals surface area (Å²) in [5, 5.41) is 10.0. The molecule has 0 heterocycles. The molecule has 0 unspecified atom stereocenters. The molecule has 2 aromatic rings. The zero-order valence-corrected chi connectivity index (χ0v) is 23.1. The summed E-state index contributed by atoms with van der Waals surface area (Å²) in [6, 6.07) is 13.9. The molecular weight excluding hydrogens is 519 g/mol. The minimum atomic E-state index is -3.16. The van der Waals surface area contributed by atoms with E-state index in [1.54, 1.807) is 0 Å². The van der Waals surface area contributed by atoms with E-state index >= 15 is 0 Å². The van der Waals surface area contributed by atoms with Crippen LogP contribution in [-0.4, -0.2) is 40.3 Å². The normalized spacial score (nSPS) is 23.1. The molecule has 0 amide bonds. The zero-order chi connectivity index (χ0) is 26.1. The first-order chi connectivity index (χ1) is 17.0. The molecule has 0 aliphatic heterocycles. The van der Waals surface area contributed by atoms with Crippen molar-refractivity contribution in [1.82, 2.24) is 4.72 Å². The number of halogens is 2. The van der Waals surface area contributed by atoms with Gasteiger partial charge in [0.1, 0.15) is 18.4 Å². The molecule has 3 fully saturated rings. The maximum atomic E-state index is 11.4. The van der Waals surface area contributed by atoms with Gasteiger partial charge >= 0.3 is 0 Å². The highest BCUT2D eigenvalue weighted by molar-refractivity contribution is 7.88. The third kappa shape index (κ3) is 5.78. The van der Waals surface area contributed by atoms with E-state index < -0.39 is 15.4 Å². The number of rotatable bonds is 11. The van der Waals surface area contributed by atoms with Crippen LogP contribution in [0.2, 0.25) is 5.02 Å². The lowest BCUT2D eigenvalue weighted by Crippen LogP contribution is -2.34. The van der Waals surface area contributed by atoms with Gasteiger partial charge in [-0.1, -0.05) is 37.6 Å². The summed E-state index contributed by atoms with van der Waals surface area (Å²) < 4.78 is 37.3. The third-order valence-corrected chi connectivity index (χ3v) is 8.82. The number of nitrogens with one attached hydrogen (secondary N) is 1. The first kappa shape index (κ1) is 27.1. The molecule has 0 aromatic heterocycles. The molecule has 36 heavy (non-hydrogen) atoms. The Morgan fingerprint density at radius 3 is 2.44 bits per heavy atom. The van der Waals surface area contributed by atoms with Crippen LogP contribution >= 0.6 is 23.2 Å². The Bertz CT molecular complexity index is 1250. The van der Waals surface area contributed by atoms with Crippen molar-refractivity contribution >= 4 is 33.2 Å². The third-order valence-electron chi connectivity index (χ3n) is 7.69. The van der Waals surface area contributed by atoms with Gasteiger partial charge in [-0.25, -0.2) is 13.1 Å². The number of ether oxygens (including phenoxy) is 2. The van der Waals surface area contributed by atoms with Gasteiger partial charge in [0.05, 0.1) is 29.3 Å². The van der Waals surface area contributed by atoms with Gasteiger partial charge in [-0.2, -0.15) is 5.26 Å². The molecule has 0 spiro atoms. The van der Waals surface area contributed by atoms with Crippen LogP contribution in [0.4, 0.5) is 0 Å². The van der Waals surface area contributed by atoms with Crippen LogP contribution in [0.1, 0.15) is 49.8 Å². The number of hydrogen-bond donors (Lipinski definition) is 1. The molecule has 1 N–H and O–H groups in total. The molecule has 6 nitrogen and oxygen atoms in total. The van der Waals surface area contributed by atoms with E-state index in [-0.39, 0.29) is 12.0 Å². The predicted molar refractivity (Wildman–Crippen MR) is 143 cm³/mol. The van der Waals surface area contributed by atoms with Crippen LogP contribution < -0.4 is 14.2 Å². The summed E-state index contributed by atoms with van der Waals surface area (Å²) >= 11 is 12.2. The zero-order valence-electron chi connectivity index (χ0n) is 20.8. The number of sulfonamides is 1. The molecule has 0 saturated heterocycles. The molecule has 1 atom stereocenters. The van der Waals surface area contributed by atoms with Crippen molar-refractivity contribution in [2.45, 2.75) is 38.5 Å². The Labute approximate surface area is 223 Å². The number of hydrogen-bond acceptors (Lipinski definition) is 5. The van der Waals surface area contributed by atoms with Gasteiger partial charge in [-0.15, -0.1) is 11.6 Å². The van der Waals surface area contributed by atoms with Crippen molar-refractivity contribution < 1.29 is 17.9 Å². The number of benzene rings is 2. The molecule has 5 rings (SSSR count). The SMILES string of the molecule is CC(C)(c1ccc(OCC23CC(C2)[C@@H](CNS(C)(=O)=O)C3)cc1)c1cc(Cl)c(OCCCl)c(C#N)c1. The summed E-state index contributed by atoms with van der Waals surface area (Å²) in [7, 11) is -3.16. The lowest BCUT2D eigenvalue weighted by atomic mass is 9.70. The molecule has 2 bridgehead atoms. The Kier molecular flexibility index (Phi) is 7.83. The Balaban J connectivity index is 1.40.